The molecule has 3 rings (SSSR count). The molecule has 136 valence electrons. The second-order valence-electron chi connectivity index (χ2n) is 5.74. The fraction of sp³-hybridized carbons (Fsp3) is 0.278. The van der Waals surface area contributed by atoms with E-state index in [9.17, 15) is 9.59 Å². The van der Waals surface area contributed by atoms with Crippen molar-refractivity contribution in [3.8, 4) is 0 Å². The van der Waals surface area contributed by atoms with Crippen LogP contribution in [0.1, 0.15) is 23.0 Å². The van der Waals surface area contributed by atoms with Gasteiger partial charge in [0.05, 0.1) is 19.4 Å². The third-order valence-corrected chi connectivity index (χ3v) is 3.74. The second kappa shape index (κ2) is 8.30. The lowest BCUT2D eigenvalue weighted by atomic mass is 10.2. The third kappa shape index (κ3) is 4.70. The van der Waals surface area contributed by atoms with E-state index in [0.717, 1.165) is 19.0 Å². The average molecular weight is 356 g/mol. The molecule has 0 saturated carbocycles. The van der Waals surface area contributed by atoms with E-state index in [-0.39, 0.29) is 11.8 Å². The maximum Gasteiger partial charge on any atom is 0.271 e. The van der Waals surface area contributed by atoms with E-state index in [4.69, 9.17) is 9.15 Å². The van der Waals surface area contributed by atoms with Crippen molar-refractivity contribution >= 4 is 29.6 Å². The van der Waals surface area contributed by atoms with E-state index in [0.29, 0.717) is 30.2 Å². The molecule has 0 aliphatic carbocycles. The smallest absolute Gasteiger partial charge is 0.271 e. The van der Waals surface area contributed by atoms with Gasteiger partial charge in [-0.1, -0.05) is 6.07 Å². The Morgan fingerprint density at radius 3 is 2.77 bits per heavy atom. The Hall–Kier alpha value is -3.13. The first kappa shape index (κ1) is 17.7. The highest BCUT2D eigenvalue weighted by molar-refractivity contribution is 5.97. The number of nitrogens with one attached hydrogen (secondary N) is 2. The zero-order valence-corrected chi connectivity index (χ0v) is 14.4. The topological polar surface area (TPSA) is 96.2 Å². The van der Waals surface area contributed by atoms with E-state index in [1.54, 1.807) is 30.3 Å². The van der Waals surface area contributed by atoms with Crippen LogP contribution in [0, 0.1) is 0 Å². The highest BCUT2D eigenvalue weighted by atomic mass is 16.5. The van der Waals surface area contributed by atoms with Gasteiger partial charge in [-0.25, -0.2) is 5.43 Å². The zero-order chi connectivity index (χ0) is 18.4. The SMILES string of the molecule is CC(=O)Nc1cccc(C(=O)NN=Cc2ccc(N3CCOCC3)o2)c1. The van der Waals surface area contributed by atoms with Crippen LogP contribution >= 0.6 is 0 Å². The lowest BCUT2D eigenvalue weighted by molar-refractivity contribution is -0.114. The molecular weight excluding hydrogens is 336 g/mol. The number of rotatable bonds is 5. The van der Waals surface area contributed by atoms with E-state index in [1.807, 2.05) is 6.07 Å². The lowest BCUT2D eigenvalue weighted by Gasteiger charge is -2.26. The molecule has 0 radical (unpaired) electrons. The van der Waals surface area contributed by atoms with Gasteiger partial charge in [0.25, 0.3) is 5.91 Å². The predicted molar refractivity (Wildman–Crippen MR) is 97.5 cm³/mol. The van der Waals surface area contributed by atoms with Gasteiger partial charge >= 0.3 is 0 Å². The molecule has 0 unspecified atom stereocenters. The van der Waals surface area contributed by atoms with E-state index >= 15 is 0 Å². The van der Waals surface area contributed by atoms with Gasteiger partial charge in [0.1, 0.15) is 5.76 Å². The number of carbonyl (C=O) groups excluding carboxylic acids is 2. The molecule has 2 amide bonds. The molecule has 26 heavy (non-hydrogen) atoms. The number of ether oxygens (including phenoxy) is 1. The van der Waals surface area contributed by atoms with Crippen LogP contribution in [-0.4, -0.2) is 44.3 Å². The predicted octanol–water partition coefficient (Wildman–Crippen LogP) is 1.84. The Morgan fingerprint density at radius 1 is 1.19 bits per heavy atom. The summed E-state index contributed by atoms with van der Waals surface area (Å²) in [6.45, 7) is 4.33. The summed E-state index contributed by atoms with van der Waals surface area (Å²) in [6.07, 6.45) is 1.44. The van der Waals surface area contributed by atoms with Gasteiger partial charge in [-0.2, -0.15) is 5.10 Å². The molecule has 2 heterocycles. The van der Waals surface area contributed by atoms with Crippen LogP contribution in [0.25, 0.3) is 0 Å². The fourth-order valence-corrected chi connectivity index (χ4v) is 2.53. The van der Waals surface area contributed by atoms with Crippen LogP contribution in [0.5, 0.6) is 0 Å². The van der Waals surface area contributed by atoms with E-state index in [2.05, 4.69) is 20.7 Å². The van der Waals surface area contributed by atoms with Crippen molar-refractivity contribution in [3.05, 3.63) is 47.7 Å². The van der Waals surface area contributed by atoms with Crippen molar-refractivity contribution in [1.29, 1.82) is 0 Å². The summed E-state index contributed by atoms with van der Waals surface area (Å²) < 4.78 is 11.0. The van der Waals surface area contributed by atoms with Crippen molar-refractivity contribution in [3.63, 3.8) is 0 Å². The van der Waals surface area contributed by atoms with Crippen molar-refractivity contribution in [2.24, 2.45) is 5.10 Å². The quantitative estimate of drug-likeness (QED) is 0.629. The van der Waals surface area contributed by atoms with Gasteiger partial charge in [0, 0.05) is 37.3 Å². The average Bonchev–Trinajstić information content (AvgIpc) is 3.11. The molecular formula is C18H20N4O4. The van der Waals surface area contributed by atoms with Gasteiger partial charge in [-0.3, -0.25) is 9.59 Å². The van der Waals surface area contributed by atoms with Gasteiger partial charge in [0.2, 0.25) is 5.91 Å². The van der Waals surface area contributed by atoms with Gasteiger partial charge in [0.15, 0.2) is 5.88 Å². The van der Waals surface area contributed by atoms with Crippen LogP contribution in [0.15, 0.2) is 45.9 Å². The van der Waals surface area contributed by atoms with Crippen LogP contribution in [0.3, 0.4) is 0 Å². The molecule has 1 fully saturated rings. The van der Waals surface area contributed by atoms with Crippen LogP contribution in [0.4, 0.5) is 11.6 Å². The number of amides is 2. The summed E-state index contributed by atoms with van der Waals surface area (Å²) in [6, 6.07) is 10.3. The van der Waals surface area contributed by atoms with Crippen molar-refractivity contribution in [1.82, 2.24) is 5.43 Å². The number of hydrogen-bond acceptors (Lipinski definition) is 6. The maximum atomic E-state index is 12.1. The number of nitrogens with zero attached hydrogens (tertiary/aromatic N) is 2. The Balaban J connectivity index is 1.57. The number of benzene rings is 1. The standard InChI is InChI=1S/C18H20N4O4/c1-13(23)20-15-4-2-3-14(11-15)18(24)21-19-12-16-5-6-17(26-16)22-7-9-25-10-8-22/h2-6,11-12H,7-10H2,1H3,(H,20,23)(H,21,24). The summed E-state index contributed by atoms with van der Waals surface area (Å²) in [7, 11) is 0. The van der Waals surface area contributed by atoms with Crippen molar-refractivity contribution in [2.45, 2.75) is 6.92 Å². The number of hydrogen-bond donors (Lipinski definition) is 2. The molecule has 1 aromatic carbocycles. The molecule has 1 aliphatic rings. The Kier molecular flexibility index (Phi) is 5.65. The molecule has 0 bridgehead atoms. The molecule has 8 heteroatoms. The molecule has 1 saturated heterocycles. The van der Waals surface area contributed by atoms with E-state index in [1.165, 1.54) is 13.1 Å². The van der Waals surface area contributed by atoms with Crippen molar-refractivity contribution < 1.29 is 18.7 Å². The largest absolute Gasteiger partial charge is 0.440 e. The Morgan fingerprint density at radius 2 is 2.00 bits per heavy atom. The monoisotopic (exact) mass is 356 g/mol. The van der Waals surface area contributed by atoms with Crippen LogP contribution in [-0.2, 0) is 9.53 Å². The number of hydrazone groups is 1. The molecule has 2 aromatic rings. The number of morpholine rings is 1. The first-order chi connectivity index (χ1) is 12.6. The summed E-state index contributed by atoms with van der Waals surface area (Å²) in [5, 5.41) is 6.55. The normalized spacial score (nSPS) is 14.4. The fourth-order valence-electron chi connectivity index (χ4n) is 2.53. The molecule has 2 N–H and O–H groups in total. The zero-order valence-electron chi connectivity index (χ0n) is 14.4. The first-order valence-corrected chi connectivity index (χ1v) is 8.25. The third-order valence-electron chi connectivity index (χ3n) is 3.74. The molecule has 1 aliphatic heterocycles. The highest BCUT2D eigenvalue weighted by Gasteiger charge is 2.14. The van der Waals surface area contributed by atoms with Gasteiger partial charge in [-0.05, 0) is 24.3 Å². The molecule has 8 nitrogen and oxygen atoms in total. The van der Waals surface area contributed by atoms with Crippen LogP contribution < -0.4 is 15.6 Å². The molecule has 0 spiro atoms. The first-order valence-electron chi connectivity index (χ1n) is 8.25. The lowest BCUT2D eigenvalue weighted by Crippen LogP contribution is -2.35. The summed E-state index contributed by atoms with van der Waals surface area (Å²) in [4.78, 5) is 25.3. The van der Waals surface area contributed by atoms with Gasteiger partial charge < -0.3 is 19.4 Å². The van der Waals surface area contributed by atoms with Crippen molar-refractivity contribution in [2.75, 3.05) is 36.5 Å². The van der Waals surface area contributed by atoms with E-state index < -0.39 is 0 Å². The molecule has 1 aromatic heterocycles. The maximum absolute atomic E-state index is 12.1. The number of furan rings is 1. The van der Waals surface area contributed by atoms with Gasteiger partial charge in [-0.15, -0.1) is 0 Å². The number of carbonyl (C=O) groups is 2. The summed E-state index contributed by atoms with van der Waals surface area (Å²) in [5.41, 5.74) is 3.38. The highest BCUT2D eigenvalue weighted by Crippen LogP contribution is 2.18. The Labute approximate surface area is 150 Å². The minimum atomic E-state index is -0.381. The second-order valence-corrected chi connectivity index (χ2v) is 5.74. The summed E-state index contributed by atoms with van der Waals surface area (Å²) >= 11 is 0. The number of anilines is 2. The minimum absolute atomic E-state index is 0.200. The minimum Gasteiger partial charge on any atom is -0.440 e. The summed E-state index contributed by atoms with van der Waals surface area (Å²) in [5.74, 6) is 0.714. The Bertz CT molecular complexity index is 809. The van der Waals surface area contributed by atoms with Crippen LogP contribution in [0.2, 0.25) is 0 Å². The molecule has 0 atom stereocenters.